The predicted molar refractivity (Wildman–Crippen MR) is 67.7 cm³/mol. The Balaban J connectivity index is 2.15. The molecular formula is C14H22N2. The molecule has 2 nitrogen and oxygen atoms in total. The van der Waals surface area contributed by atoms with Crippen LogP contribution in [-0.2, 0) is 6.42 Å². The average molecular weight is 218 g/mol. The van der Waals surface area contributed by atoms with Gasteiger partial charge in [0.2, 0.25) is 0 Å². The van der Waals surface area contributed by atoms with Crippen LogP contribution in [-0.4, -0.2) is 17.6 Å². The molecule has 1 N–H and O–H groups in total. The van der Waals surface area contributed by atoms with Crippen LogP contribution in [0.3, 0.4) is 0 Å². The molecule has 0 saturated heterocycles. The molecule has 88 valence electrons. The minimum absolute atomic E-state index is 0.617. The molecule has 2 heteroatoms. The molecule has 0 bridgehead atoms. The van der Waals surface area contributed by atoms with Crippen molar-refractivity contribution in [2.24, 2.45) is 0 Å². The standard InChI is InChI=1S/C14H22N2/c1-3-6-13(15-4-2)12-9-8-11-7-5-10-16-14(11)12/h5,7,10,12-13,15H,3-4,6,8-9H2,1-2H3. The summed E-state index contributed by atoms with van der Waals surface area (Å²) in [6.45, 7) is 5.51. The van der Waals surface area contributed by atoms with Crippen molar-refractivity contribution < 1.29 is 0 Å². The van der Waals surface area contributed by atoms with E-state index in [0.29, 0.717) is 12.0 Å². The maximum absolute atomic E-state index is 4.59. The maximum Gasteiger partial charge on any atom is 0.0482 e. The van der Waals surface area contributed by atoms with Crippen molar-refractivity contribution in [3.8, 4) is 0 Å². The summed E-state index contributed by atoms with van der Waals surface area (Å²) in [5.74, 6) is 0.635. The zero-order valence-electron chi connectivity index (χ0n) is 10.4. The van der Waals surface area contributed by atoms with Crippen LogP contribution in [0.5, 0.6) is 0 Å². The van der Waals surface area contributed by atoms with Gasteiger partial charge in [-0.15, -0.1) is 0 Å². The van der Waals surface area contributed by atoms with E-state index in [4.69, 9.17) is 0 Å². The minimum Gasteiger partial charge on any atom is -0.314 e. The minimum atomic E-state index is 0.617. The molecule has 0 aromatic carbocycles. The van der Waals surface area contributed by atoms with Gasteiger partial charge in [-0.05, 0) is 37.4 Å². The van der Waals surface area contributed by atoms with Crippen LogP contribution in [0.2, 0.25) is 0 Å². The number of hydrogen-bond donors (Lipinski definition) is 1. The van der Waals surface area contributed by atoms with Crippen molar-refractivity contribution in [3.05, 3.63) is 29.6 Å². The topological polar surface area (TPSA) is 24.9 Å². The summed E-state index contributed by atoms with van der Waals surface area (Å²) < 4.78 is 0. The molecule has 1 aliphatic carbocycles. The lowest BCUT2D eigenvalue weighted by atomic mass is 9.93. The van der Waals surface area contributed by atoms with Gasteiger partial charge in [0.25, 0.3) is 0 Å². The average Bonchev–Trinajstić information content (AvgIpc) is 2.72. The van der Waals surface area contributed by atoms with E-state index in [9.17, 15) is 0 Å². The Morgan fingerprint density at radius 2 is 2.38 bits per heavy atom. The molecule has 1 aromatic heterocycles. The molecule has 0 aliphatic heterocycles. The zero-order chi connectivity index (χ0) is 11.4. The maximum atomic E-state index is 4.59. The van der Waals surface area contributed by atoms with E-state index >= 15 is 0 Å². The number of rotatable bonds is 5. The van der Waals surface area contributed by atoms with E-state index in [1.165, 1.54) is 36.9 Å². The summed E-state index contributed by atoms with van der Waals surface area (Å²) in [5.41, 5.74) is 2.81. The first-order chi connectivity index (χ1) is 7.86. The quantitative estimate of drug-likeness (QED) is 0.822. The van der Waals surface area contributed by atoms with Gasteiger partial charge in [0.15, 0.2) is 0 Å². The fourth-order valence-electron chi connectivity index (χ4n) is 2.85. The largest absolute Gasteiger partial charge is 0.314 e. The number of aromatic nitrogens is 1. The highest BCUT2D eigenvalue weighted by molar-refractivity contribution is 5.29. The van der Waals surface area contributed by atoms with Crippen LogP contribution in [0.1, 0.15) is 50.3 Å². The Morgan fingerprint density at radius 1 is 1.50 bits per heavy atom. The molecule has 0 radical (unpaired) electrons. The number of aryl methyl sites for hydroxylation is 1. The third-order valence-electron chi connectivity index (χ3n) is 3.55. The fourth-order valence-corrected chi connectivity index (χ4v) is 2.85. The second-order valence-electron chi connectivity index (χ2n) is 4.65. The number of nitrogens with one attached hydrogen (secondary N) is 1. The third-order valence-corrected chi connectivity index (χ3v) is 3.55. The van der Waals surface area contributed by atoms with Crippen molar-refractivity contribution in [3.63, 3.8) is 0 Å². The van der Waals surface area contributed by atoms with Crippen molar-refractivity contribution in [2.45, 2.75) is 51.5 Å². The Labute approximate surface area is 98.5 Å². The molecule has 2 atom stereocenters. The van der Waals surface area contributed by atoms with Gasteiger partial charge in [0.05, 0.1) is 0 Å². The normalized spacial score (nSPS) is 20.8. The lowest BCUT2D eigenvalue weighted by Gasteiger charge is -2.24. The second kappa shape index (κ2) is 5.44. The predicted octanol–water partition coefficient (Wildman–Crippen LogP) is 2.89. The van der Waals surface area contributed by atoms with E-state index in [1.807, 2.05) is 6.20 Å². The van der Waals surface area contributed by atoms with Gasteiger partial charge in [-0.2, -0.15) is 0 Å². The van der Waals surface area contributed by atoms with Crippen LogP contribution in [0.25, 0.3) is 0 Å². The van der Waals surface area contributed by atoms with Crippen LogP contribution in [0.4, 0.5) is 0 Å². The SMILES string of the molecule is CCCC(NCC)C1CCc2cccnc21. The summed E-state index contributed by atoms with van der Waals surface area (Å²) in [4.78, 5) is 4.59. The van der Waals surface area contributed by atoms with Gasteiger partial charge in [-0.3, -0.25) is 4.98 Å². The zero-order valence-corrected chi connectivity index (χ0v) is 10.4. The van der Waals surface area contributed by atoms with Crippen LogP contribution < -0.4 is 5.32 Å². The smallest absolute Gasteiger partial charge is 0.0482 e. The Hall–Kier alpha value is -0.890. The molecule has 0 fully saturated rings. The van der Waals surface area contributed by atoms with Gasteiger partial charge in [0, 0.05) is 23.9 Å². The third kappa shape index (κ3) is 2.27. The van der Waals surface area contributed by atoms with Crippen molar-refractivity contribution in [1.29, 1.82) is 0 Å². The lowest BCUT2D eigenvalue weighted by Crippen LogP contribution is -2.34. The summed E-state index contributed by atoms with van der Waals surface area (Å²) in [7, 11) is 0. The molecule has 2 unspecified atom stereocenters. The highest BCUT2D eigenvalue weighted by Crippen LogP contribution is 2.34. The summed E-state index contributed by atoms with van der Waals surface area (Å²) >= 11 is 0. The lowest BCUT2D eigenvalue weighted by molar-refractivity contribution is 0.405. The molecule has 16 heavy (non-hydrogen) atoms. The first-order valence-electron chi connectivity index (χ1n) is 6.54. The van der Waals surface area contributed by atoms with Crippen LogP contribution >= 0.6 is 0 Å². The van der Waals surface area contributed by atoms with Crippen LogP contribution in [0.15, 0.2) is 18.3 Å². The van der Waals surface area contributed by atoms with Gasteiger partial charge < -0.3 is 5.32 Å². The summed E-state index contributed by atoms with van der Waals surface area (Å²) in [6, 6.07) is 4.91. The van der Waals surface area contributed by atoms with Gasteiger partial charge in [0.1, 0.15) is 0 Å². The molecule has 0 spiro atoms. The van der Waals surface area contributed by atoms with E-state index in [0.717, 1.165) is 6.54 Å². The molecule has 2 rings (SSSR count). The Morgan fingerprint density at radius 3 is 3.12 bits per heavy atom. The Kier molecular flexibility index (Phi) is 3.94. The van der Waals surface area contributed by atoms with E-state index in [1.54, 1.807) is 0 Å². The van der Waals surface area contributed by atoms with Crippen LogP contribution in [0, 0.1) is 0 Å². The van der Waals surface area contributed by atoms with Gasteiger partial charge >= 0.3 is 0 Å². The van der Waals surface area contributed by atoms with E-state index in [-0.39, 0.29) is 0 Å². The highest BCUT2D eigenvalue weighted by atomic mass is 14.9. The molecule has 0 amide bonds. The van der Waals surface area contributed by atoms with E-state index < -0.39 is 0 Å². The molecular weight excluding hydrogens is 196 g/mol. The van der Waals surface area contributed by atoms with Crippen molar-refractivity contribution in [2.75, 3.05) is 6.54 Å². The monoisotopic (exact) mass is 218 g/mol. The number of likely N-dealkylation sites (N-methyl/N-ethyl adjacent to an activating group) is 1. The van der Waals surface area contributed by atoms with Gasteiger partial charge in [-0.25, -0.2) is 0 Å². The first-order valence-corrected chi connectivity index (χ1v) is 6.54. The number of pyridine rings is 1. The molecule has 1 aromatic rings. The molecule has 1 heterocycles. The molecule has 1 aliphatic rings. The fraction of sp³-hybridized carbons (Fsp3) is 0.643. The highest BCUT2D eigenvalue weighted by Gasteiger charge is 2.29. The van der Waals surface area contributed by atoms with Crippen molar-refractivity contribution in [1.82, 2.24) is 10.3 Å². The second-order valence-corrected chi connectivity index (χ2v) is 4.65. The number of nitrogens with zero attached hydrogens (tertiary/aromatic N) is 1. The summed E-state index contributed by atoms with van der Waals surface area (Å²) in [5, 5.41) is 3.63. The van der Waals surface area contributed by atoms with E-state index in [2.05, 4.69) is 36.3 Å². The van der Waals surface area contributed by atoms with Gasteiger partial charge in [-0.1, -0.05) is 26.3 Å². The molecule has 0 saturated carbocycles. The van der Waals surface area contributed by atoms with Crippen molar-refractivity contribution >= 4 is 0 Å². The number of fused-ring (bicyclic) bond motifs is 1. The Bertz CT molecular complexity index is 329. The first kappa shape index (κ1) is 11.6. The summed E-state index contributed by atoms with van der Waals surface area (Å²) in [6.07, 6.45) is 6.92. The number of hydrogen-bond acceptors (Lipinski definition) is 2.